The Morgan fingerprint density at radius 2 is 1.82 bits per heavy atom. The number of aromatic nitrogens is 1. The maximum atomic E-state index is 4.11. The SMILES string of the molecule is C=C/C(C)=C(\C=C(\C)C(C)CC)c1[nH]c2ccc(C3CCN(CC4CC4)CC3)cc2c1C(C)C. The predicted molar refractivity (Wildman–Crippen MR) is 150 cm³/mol. The Morgan fingerprint density at radius 3 is 2.41 bits per heavy atom. The van der Waals surface area contributed by atoms with Gasteiger partial charge in [0.25, 0.3) is 0 Å². The maximum absolute atomic E-state index is 4.11. The van der Waals surface area contributed by atoms with E-state index >= 15 is 0 Å². The predicted octanol–water partition coefficient (Wildman–Crippen LogP) is 8.83. The summed E-state index contributed by atoms with van der Waals surface area (Å²) in [4.78, 5) is 6.54. The van der Waals surface area contributed by atoms with Crippen molar-refractivity contribution in [1.82, 2.24) is 9.88 Å². The highest BCUT2D eigenvalue weighted by Crippen LogP contribution is 2.39. The summed E-state index contributed by atoms with van der Waals surface area (Å²) in [5.41, 5.74) is 9.49. The van der Waals surface area contributed by atoms with Crippen LogP contribution in [0, 0.1) is 11.8 Å². The number of likely N-dealkylation sites (tertiary alicyclic amines) is 1. The third-order valence-electron chi connectivity index (χ3n) is 8.47. The second kappa shape index (κ2) is 10.7. The number of aromatic amines is 1. The first-order valence-electron chi connectivity index (χ1n) is 13.7. The van der Waals surface area contributed by atoms with Gasteiger partial charge in [-0.15, -0.1) is 0 Å². The molecule has 1 aliphatic carbocycles. The molecule has 1 aromatic heterocycles. The van der Waals surface area contributed by atoms with E-state index in [4.69, 9.17) is 0 Å². The summed E-state index contributed by atoms with van der Waals surface area (Å²) >= 11 is 0. The van der Waals surface area contributed by atoms with E-state index in [0.29, 0.717) is 17.8 Å². The quantitative estimate of drug-likeness (QED) is 0.372. The molecule has 0 bridgehead atoms. The molecule has 2 nitrogen and oxygen atoms in total. The largest absolute Gasteiger partial charge is 0.354 e. The van der Waals surface area contributed by atoms with E-state index in [1.165, 1.54) is 89.8 Å². The molecule has 1 saturated carbocycles. The van der Waals surface area contributed by atoms with Crippen LogP contribution in [0.4, 0.5) is 0 Å². The minimum absolute atomic E-state index is 0.448. The molecule has 1 saturated heterocycles. The van der Waals surface area contributed by atoms with Gasteiger partial charge in [-0.05, 0) is 112 Å². The van der Waals surface area contributed by atoms with Crippen LogP contribution in [-0.4, -0.2) is 29.5 Å². The molecule has 1 aliphatic heterocycles. The zero-order valence-corrected chi connectivity index (χ0v) is 22.5. The lowest BCUT2D eigenvalue weighted by Gasteiger charge is -2.32. The second-order valence-electron chi connectivity index (χ2n) is 11.4. The lowest BCUT2D eigenvalue weighted by Crippen LogP contribution is -2.34. The van der Waals surface area contributed by atoms with Crippen LogP contribution in [0.1, 0.15) is 102 Å². The maximum Gasteiger partial charge on any atom is 0.0502 e. The van der Waals surface area contributed by atoms with Crippen LogP contribution >= 0.6 is 0 Å². The van der Waals surface area contributed by atoms with Gasteiger partial charge >= 0.3 is 0 Å². The first kappa shape index (κ1) is 25.0. The average molecular weight is 459 g/mol. The van der Waals surface area contributed by atoms with Crippen LogP contribution in [0.2, 0.25) is 0 Å². The Kier molecular flexibility index (Phi) is 7.87. The topological polar surface area (TPSA) is 19.0 Å². The summed E-state index contributed by atoms with van der Waals surface area (Å²) in [6.07, 6.45) is 11.1. The van der Waals surface area contributed by atoms with Gasteiger partial charge in [-0.3, -0.25) is 0 Å². The molecule has 2 heteroatoms. The van der Waals surface area contributed by atoms with Crippen LogP contribution < -0.4 is 0 Å². The van der Waals surface area contributed by atoms with Crippen molar-refractivity contribution in [1.29, 1.82) is 0 Å². The number of allylic oxidation sites excluding steroid dienone is 5. The molecule has 34 heavy (non-hydrogen) atoms. The summed E-state index contributed by atoms with van der Waals surface area (Å²) in [6, 6.07) is 7.23. The molecule has 2 heterocycles. The van der Waals surface area contributed by atoms with Gasteiger partial charge in [0.1, 0.15) is 0 Å². The Morgan fingerprint density at radius 1 is 1.12 bits per heavy atom. The standard InChI is InChI=1S/C32H46N2/c1-8-22(5)24(7)18-28(23(6)9-2)32-31(21(3)4)29-19-27(12-13-30(29)33-32)26-14-16-34(17-15-26)20-25-10-11-25/h9,12-13,18-19,21-22,25-26,33H,2,8,10-11,14-17,20H2,1,3-7H3/b24-18-,28-23+. The molecule has 1 N–H and O–H groups in total. The first-order chi connectivity index (χ1) is 16.3. The summed E-state index contributed by atoms with van der Waals surface area (Å²) in [5, 5.41) is 1.41. The number of H-pyrrole nitrogens is 1. The summed E-state index contributed by atoms with van der Waals surface area (Å²) < 4.78 is 0. The van der Waals surface area contributed by atoms with Crippen molar-refractivity contribution in [3.8, 4) is 0 Å². The highest BCUT2D eigenvalue weighted by molar-refractivity contribution is 5.93. The van der Waals surface area contributed by atoms with Crippen LogP contribution in [0.25, 0.3) is 16.5 Å². The van der Waals surface area contributed by atoms with Gasteiger partial charge < -0.3 is 9.88 Å². The summed E-state index contributed by atoms with van der Waals surface area (Å²) in [6.45, 7) is 21.7. The highest BCUT2D eigenvalue weighted by Gasteiger charge is 2.28. The van der Waals surface area contributed by atoms with Gasteiger partial charge in [0.05, 0.1) is 5.69 Å². The first-order valence-corrected chi connectivity index (χ1v) is 13.7. The molecule has 1 atom stereocenters. The number of hydrogen-bond donors (Lipinski definition) is 1. The molecule has 2 fully saturated rings. The van der Waals surface area contributed by atoms with Crippen molar-refractivity contribution in [3.05, 3.63) is 64.9 Å². The number of nitrogens with one attached hydrogen (secondary N) is 1. The van der Waals surface area contributed by atoms with Gasteiger partial charge in [-0.2, -0.15) is 0 Å². The number of fused-ring (bicyclic) bond motifs is 1. The van der Waals surface area contributed by atoms with E-state index in [2.05, 4.69) is 82.3 Å². The van der Waals surface area contributed by atoms with E-state index in [9.17, 15) is 0 Å². The number of piperidine rings is 1. The number of hydrogen-bond acceptors (Lipinski definition) is 1. The molecular formula is C32H46N2. The normalized spacial score (nSPS) is 20.1. The van der Waals surface area contributed by atoms with Crippen LogP contribution in [-0.2, 0) is 0 Å². The molecule has 0 amide bonds. The Labute approximate surface area is 208 Å². The molecule has 0 radical (unpaired) electrons. The Bertz CT molecular complexity index is 1070. The average Bonchev–Trinajstić information content (AvgIpc) is 3.57. The van der Waals surface area contributed by atoms with Crippen molar-refractivity contribution in [2.75, 3.05) is 19.6 Å². The van der Waals surface area contributed by atoms with Crippen LogP contribution in [0.15, 0.2) is 48.1 Å². The molecular weight excluding hydrogens is 412 g/mol. The van der Waals surface area contributed by atoms with Crippen molar-refractivity contribution >= 4 is 16.5 Å². The fourth-order valence-electron chi connectivity index (χ4n) is 5.60. The monoisotopic (exact) mass is 458 g/mol. The molecule has 184 valence electrons. The van der Waals surface area contributed by atoms with Crippen LogP contribution in [0.3, 0.4) is 0 Å². The molecule has 1 unspecified atom stereocenters. The van der Waals surface area contributed by atoms with Crippen molar-refractivity contribution in [3.63, 3.8) is 0 Å². The fourth-order valence-corrected chi connectivity index (χ4v) is 5.60. The Hall–Kier alpha value is -2.06. The fraction of sp³-hybridized carbons (Fsp3) is 0.562. The van der Waals surface area contributed by atoms with Gasteiger partial charge in [0.2, 0.25) is 0 Å². The van der Waals surface area contributed by atoms with E-state index < -0.39 is 0 Å². The van der Waals surface area contributed by atoms with Crippen LogP contribution in [0.5, 0.6) is 0 Å². The minimum Gasteiger partial charge on any atom is -0.354 e. The zero-order chi connectivity index (χ0) is 24.4. The van der Waals surface area contributed by atoms with E-state index in [1.807, 2.05) is 6.08 Å². The van der Waals surface area contributed by atoms with Gasteiger partial charge in [-0.25, -0.2) is 0 Å². The third kappa shape index (κ3) is 5.43. The number of nitrogens with zero attached hydrogens (tertiary/aromatic N) is 1. The molecule has 0 spiro atoms. The number of benzene rings is 1. The molecule has 4 rings (SSSR count). The summed E-state index contributed by atoms with van der Waals surface area (Å²) in [7, 11) is 0. The smallest absolute Gasteiger partial charge is 0.0502 e. The molecule has 2 aliphatic rings. The highest BCUT2D eigenvalue weighted by atomic mass is 15.1. The lowest BCUT2D eigenvalue weighted by molar-refractivity contribution is 0.205. The van der Waals surface area contributed by atoms with Crippen molar-refractivity contribution in [2.24, 2.45) is 11.8 Å². The van der Waals surface area contributed by atoms with E-state index in [-0.39, 0.29) is 0 Å². The zero-order valence-electron chi connectivity index (χ0n) is 22.5. The van der Waals surface area contributed by atoms with Gasteiger partial charge in [-0.1, -0.05) is 58.1 Å². The van der Waals surface area contributed by atoms with Gasteiger partial charge in [0, 0.05) is 23.0 Å². The second-order valence-corrected chi connectivity index (χ2v) is 11.4. The lowest BCUT2D eigenvalue weighted by atomic mass is 9.87. The third-order valence-corrected chi connectivity index (χ3v) is 8.47. The van der Waals surface area contributed by atoms with Crippen molar-refractivity contribution in [2.45, 2.75) is 85.5 Å². The minimum atomic E-state index is 0.448. The number of rotatable bonds is 9. The summed E-state index contributed by atoms with van der Waals surface area (Å²) in [5.74, 6) is 2.72. The molecule has 2 aromatic rings. The van der Waals surface area contributed by atoms with E-state index in [0.717, 1.165) is 12.3 Å². The Balaban J connectivity index is 1.69. The van der Waals surface area contributed by atoms with Gasteiger partial charge in [0.15, 0.2) is 0 Å². The van der Waals surface area contributed by atoms with E-state index in [1.54, 1.807) is 0 Å². The molecule has 1 aromatic carbocycles. The van der Waals surface area contributed by atoms with Crippen molar-refractivity contribution < 1.29 is 0 Å².